The molecule has 2 aromatic carbocycles. The summed E-state index contributed by atoms with van der Waals surface area (Å²) in [7, 11) is 0. The normalized spacial score (nSPS) is 17.2. The molecule has 0 amide bonds. The van der Waals surface area contributed by atoms with Crippen LogP contribution in [0.25, 0.3) is 22.2 Å². The fourth-order valence-corrected chi connectivity index (χ4v) is 3.51. The van der Waals surface area contributed by atoms with Crippen LogP contribution in [0.1, 0.15) is 12.0 Å². The molecular formula is C20H17F3N2O. The summed E-state index contributed by atoms with van der Waals surface area (Å²) in [4.78, 5) is 17.5. The molecule has 134 valence electrons. The van der Waals surface area contributed by atoms with E-state index in [0.717, 1.165) is 17.3 Å². The number of aromatic nitrogens is 1. The summed E-state index contributed by atoms with van der Waals surface area (Å²) in [5, 5.41) is -0.143. The lowest BCUT2D eigenvalue weighted by Gasteiger charge is -2.18. The summed E-state index contributed by atoms with van der Waals surface area (Å²) in [6, 6.07) is 9.19. The number of anilines is 1. The number of aromatic amines is 1. The van der Waals surface area contributed by atoms with Gasteiger partial charge in [-0.25, -0.2) is 13.2 Å². The molecule has 0 radical (unpaired) electrons. The maximum absolute atomic E-state index is 14.0. The van der Waals surface area contributed by atoms with Crippen LogP contribution in [0.2, 0.25) is 0 Å². The molecule has 3 aromatic rings. The number of H-pyrrole nitrogens is 1. The average molecular weight is 358 g/mol. The van der Waals surface area contributed by atoms with E-state index in [1.165, 1.54) is 0 Å². The highest BCUT2D eigenvalue weighted by molar-refractivity contribution is 5.84. The van der Waals surface area contributed by atoms with Gasteiger partial charge in [0.2, 0.25) is 0 Å². The Morgan fingerprint density at radius 1 is 1.15 bits per heavy atom. The second-order valence-corrected chi connectivity index (χ2v) is 6.64. The van der Waals surface area contributed by atoms with Crippen molar-refractivity contribution in [1.82, 2.24) is 4.98 Å². The minimum absolute atomic E-state index is 0.122. The van der Waals surface area contributed by atoms with Gasteiger partial charge in [0.05, 0.1) is 16.6 Å². The molecule has 0 bridgehead atoms. The predicted molar refractivity (Wildman–Crippen MR) is 96.4 cm³/mol. The Bertz CT molecular complexity index is 1040. The molecule has 0 saturated carbocycles. The number of hydrogen-bond donors (Lipinski definition) is 1. The van der Waals surface area contributed by atoms with Crippen molar-refractivity contribution in [2.24, 2.45) is 0 Å². The summed E-state index contributed by atoms with van der Waals surface area (Å²) in [6.45, 7) is 2.66. The zero-order chi connectivity index (χ0) is 18.4. The monoisotopic (exact) mass is 358 g/mol. The van der Waals surface area contributed by atoms with E-state index < -0.39 is 23.2 Å². The van der Waals surface area contributed by atoms with E-state index in [2.05, 4.69) is 4.98 Å². The van der Waals surface area contributed by atoms with Crippen molar-refractivity contribution in [2.45, 2.75) is 19.5 Å². The fourth-order valence-electron chi connectivity index (χ4n) is 3.51. The molecule has 1 saturated heterocycles. The van der Waals surface area contributed by atoms with Crippen molar-refractivity contribution in [1.29, 1.82) is 0 Å². The number of alkyl halides is 1. The van der Waals surface area contributed by atoms with E-state index in [4.69, 9.17) is 0 Å². The Kier molecular flexibility index (Phi) is 3.98. The van der Waals surface area contributed by atoms with Crippen molar-refractivity contribution >= 4 is 16.6 Å². The first kappa shape index (κ1) is 16.7. The van der Waals surface area contributed by atoms with Gasteiger partial charge in [0, 0.05) is 30.4 Å². The predicted octanol–water partition coefficient (Wildman–Crippen LogP) is 4.33. The topological polar surface area (TPSA) is 36.1 Å². The standard InChI is InChI=1S/C20H17F3N2O/c1-11-19(24-17-9-14(22)8-16(23)18(17)20(11)26)12-2-4-15(5-3-12)25-7-6-13(21)10-25/h2-5,8-9,13H,6-7,10H2,1H3,(H,24,26)/t13-/m0/s1. The third-order valence-corrected chi connectivity index (χ3v) is 4.91. The Hall–Kier alpha value is -2.76. The fraction of sp³-hybridized carbons (Fsp3) is 0.250. The molecular weight excluding hydrogens is 341 g/mol. The highest BCUT2D eigenvalue weighted by Crippen LogP contribution is 2.28. The number of fused-ring (bicyclic) bond motifs is 1. The van der Waals surface area contributed by atoms with Gasteiger partial charge in [-0.2, -0.15) is 0 Å². The first-order valence-corrected chi connectivity index (χ1v) is 8.45. The summed E-state index contributed by atoms with van der Waals surface area (Å²) in [6.07, 6.45) is -0.283. The maximum atomic E-state index is 14.0. The molecule has 0 unspecified atom stereocenters. The molecule has 1 aromatic heterocycles. The van der Waals surface area contributed by atoms with Gasteiger partial charge in [-0.15, -0.1) is 0 Å². The van der Waals surface area contributed by atoms with E-state index >= 15 is 0 Å². The average Bonchev–Trinajstić information content (AvgIpc) is 3.04. The largest absolute Gasteiger partial charge is 0.369 e. The van der Waals surface area contributed by atoms with Crippen molar-refractivity contribution in [3.63, 3.8) is 0 Å². The first-order chi connectivity index (χ1) is 12.4. The van der Waals surface area contributed by atoms with Crippen LogP contribution in [0.4, 0.5) is 18.9 Å². The van der Waals surface area contributed by atoms with Gasteiger partial charge in [0.1, 0.15) is 17.8 Å². The third kappa shape index (κ3) is 2.75. The molecule has 1 atom stereocenters. The number of nitrogens with zero attached hydrogens (tertiary/aromatic N) is 1. The molecule has 1 fully saturated rings. The lowest BCUT2D eigenvalue weighted by molar-refractivity contribution is 0.364. The van der Waals surface area contributed by atoms with E-state index in [0.29, 0.717) is 36.8 Å². The Balaban J connectivity index is 1.79. The number of rotatable bonds is 2. The second kappa shape index (κ2) is 6.20. The lowest BCUT2D eigenvalue weighted by Crippen LogP contribution is -2.19. The molecule has 0 aliphatic carbocycles. The molecule has 2 heterocycles. The van der Waals surface area contributed by atoms with Gasteiger partial charge in [-0.3, -0.25) is 4.79 Å². The smallest absolute Gasteiger partial charge is 0.195 e. The number of halogens is 3. The van der Waals surface area contributed by atoms with Crippen LogP contribution < -0.4 is 10.3 Å². The first-order valence-electron chi connectivity index (χ1n) is 8.45. The van der Waals surface area contributed by atoms with Crippen LogP contribution in [-0.4, -0.2) is 24.2 Å². The molecule has 26 heavy (non-hydrogen) atoms. The van der Waals surface area contributed by atoms with Gasteiger partial charge in [-0.1, -0.05) is 12.1 Å². The van der Waals surface area contributed by atoms with Gasteiger partial charge in [-0.05, 0) is 37.1 Å². The summed E-state index contributed by atoms with van der Waals surface area (Å²) in [5.74, 6) is -1.62. The van der Waals surface area contributed by atoms with Crippen molar-refractivity contribution < 1.29 is 13.2 Å². The van der Waals surface area contributed by atoms with Crippen molar-refractivity contribution in [2.75, 3.05) is 18.0 Å². The van der Waals surface area contributed by atoms with Gasteiger partial charge in [0.15, 0.2) is 5.43 Å². The number of pyridine rings is 1. The van der Waals surface area contributed by atoms with E-state index in [1.807, 2.05) is 29.2 Å². The molecule has 4 rings (SSSR count). The Labute approximate surface area is 148 Å². The zero-order valence-electron chi connectivity index (χ0n) is 14.2. The highest BCUT2D eigenvalue weighted by atomic mass is 19.1. The Morgan fingerprint density at radius 2 is 1.88 bits per heavy atom. The molecule has 1 aliphatic rings. The number of hydrogen-bond acceptors (Lipinski definition) is 2. The van der Waals surface area contributed by atoms with E-state index in [1.54, 1.807) is 6.92 Å². The van der Waals surface area contributed by atoms with Crippen molar-refractivity contribution in [3.8, 4) is 11.3 Å². The zero-order valence-corrected chi connectivity index (χ0v) is 14.2. The van der Waals surface area contributed by atoms with E-state index in [-0.39, 0.29) is 10.9 Å². The van der Waals surface area contributed by atoms with E-state index in [9.17, 15) is 18.0 Å². The minimum Gasteiger partial charge on any atom is -0.369 e. The lowest BCUT2D eigenvalue weighted by atomic mass is 10.0. The minimum atomic E-state index is -0.874. The third-order valence-electron chi connectivity index (χ3n) is 4.91. The van der Waals surface area contributed by atoms with Gasteiger partial charge < -0.3 is 9.88 Å². The SMILES string of the molecule is Cc1c(-c2ccc(N3CC[C@H](F)C3)cc2)[nH]c2cc(F)cc(F)c2c1=O. The summed E-state index contributed by atoms with van der Waals surface area (Å²) < 4.78 is 40.9. The van der Waals surface area contributed by atoms with Crippen LogP contribution in [0.3, 0.4) is 0 Å². The molecule has 1 N–H and O–H groups in total. The highest BCUT2D eigenvalue weighted by Gasteiger charge is 2.22. The van der Waals surface area contributed by atoms with Crippen LogP contribution >= 0.6 is 0 Å². The molecule has 1 aliphatic heterocycles. The number of benzene rings is 2. The Morgan fingerprint density at radius 3 is 2.54 bits per heavy atom. The molecule has 6 heteroatoms. The van der Waals surface area contributed by atoms with Crippen LogP contribution in [0, 0.1) is 18.6 Å². The maximum Gasteiger partial charge on any atom is 0.195 e. The number of nitrogens with one attached hydrogen (secondary N) is 1. The van der Waals surface area contributed by atoms with Crippen LogP contribution in [0.15, 0.2) is 41.2 Å². The van der Waals surface area contributed by atoms with Crippen LogP contribution in [0.5, 0.6) is 0 Å². The molecule has 3 nitrogen and oxygen atoms in total. The van der Waals surface area contributed by atoms with Crippen LogP contribution in [-0.2, 0) is 0 Å². The summed E-state index contributed by atoms with van der Waals surface area (Å²) in [5.41, 5.74) is 2.18. The van der Waals surface area contributed by atoms with Gasteiger partial charge in [0.25, 0.3) is 0 Å². The van der Waals surface area contributed by atoms with Gasteiger partial charge >= 0.3 is 0 Å². The molecule has 0 spiro atoms. The second-order valence-electron chi connectivity index (χ2n) is 6.64. The van der Waals surface area contributed by atoms with Crippen molar-refractivity contribution in [3.05, 3.63) is 63.8 Å². The summed E-state index contributed by atoms with van der Waals surface area (Å²) >= 11 is 0. The quantitative estimate of drug-likeness (QED) is 0.740.